The second-order valence-electron chi connectivity index (χ2n) is 4.41. The van der Waals surface area contributed by atoms with E-state index in [0.717, 1.165) is 18.0 Å². The van der Waals surface area contributed by atoms with Crippen molar-refractivity contribution in [3.8, 4) is 0 Å². The van der Waals surface area contributed by atoms with Crippen molar-refractivity contribution in [2.24, 2.45) is 0 Å². The topological polar surface area (TPSA) is 21.2 Å². The third-order valence-corrected chi connectivity index (χ3v) is 3.22. The van der Waals surface area contributed by atoms with Crippen molar-refractivity contribution in [2.45, 2.75) is 27.3 Å². The summed E-state index contributed by atoms with van der Waals surface area (Å²) in [6, 6.07) is 10.6. The van der Waals surface area contributed by atoms with Gasteiger partial charge < -0.3 is 24.0 Å². The van der Waals surface area contributed by atoms with Gasteiger partial charge in [0.1, 0.15) is 16.7 Å². The van der Waals surface area contributed by atoms with Gasteiger partial charge in [-0.1, -0.05) is 17.1 Å². The number of benzene rings is 1. The van der Waals surface area contributed by atoms with Gasteiger partial charge in [0.05, 0.1) is 12.2 Å². The number of aromatic nitrogens is 3. The van der Waals surface area contributed by atoms with Gasteiger partial charge in [0.2, 0.25) is 0 Å². The van der Waals surface area contributed by atoms with Gasteiger partial charge in [0.15, 0.2) is 0 Å². The molecule has 18 heavy (non-hydrogen) atoms. The van der Waals surface area contributed by atoms with Crippen molar-refractivity contribution in [3.63, 3.8) is 0 Å². The van der Waals surface area contributed by atoms with Gasteiger partial charge in [0.25, 0.3) is 0 Å². The Hall–Kier alpha value is -1.17. The largest absolute Gasteiger partial charge is 1.00 e. The van der Waals surface area contributed by atoms with Crippen LogP contribution in [0.25, 0.3) is 16.8 Å². The number of hydrogen-bond donors (Lipinski definition) is 0. The summed E-state index contributed by atoms with van der Waals surface area (Å²) in [6.07, 6.45) is 0. The van der Waals surface area contributed by atoms with Crippen molar-refractivity contribution < 1.29 is 28.5 Å². The Morgan fingerprint density at radius 1 is 1.22 bits per heavy atom. The number of aryl methyl sites for hydroxylation is 3. The Labute approximate surface area is 123 Å². The fourth-order valence-electron chi connectivity index (χ4n) is 2.54. The highest BCUT2D eigenvalue weighted by Crippen LogP contribution is 2.16. The van der Waals surface area contributed by atoms with E-state index in [1.54, 1.807) is 0 Å². The molecule has 3 nitrogen and oxygen atoms in total. The van der Waals surface area contributed by atoms with Crippen molar-refractivity contribution >= 4 is 16.8 Å². The molecule has 0 saturated heterocycles. The minimum absolute atomic E-state index is 0. The minimum atomic E-state index is 0. The molecule has 3 rings (SSSR count). The molecule has 0 saturated carbocycles. The molecule has 2 aromatic heterocycles. The SMILES string of the molecule is CC[n+]1c2ccccc2n2c(C)cc(C)nc21.[I-]. The first kappa shape index (κ1) is 13.3. The van der Waals surface area contributed by atoms with E-state index in [9.17, 15) is 0 Å². The number of nitrogens with zero attached hydrogens (tertiary/aromatic N) is 3. The lowest BCUT2D eigenvalue weighted by atomic mass is 10.3. The van der Waals surface area contributed by atoms with Crippen LogP contribution in [-0.2, 0) is 6.54 Å². The Kier molecular flexibility index (Phi) is 3.56. The predicted molar refractivity (Wildman–Crippen MR) is 68.0 cm³/mol. The molecule has 0 atom stereocenters. The molecule has 0 spiro atoms. The van der Waals surface area contributed by atoms with Gasteiger partial charge in [-0.25, -0.2) is 4.57 Å². The second kappa shape index (κ2) is 4.84. The molecule has 0 aliphatic rings. The second-order valence-corrected chi connectivity index (χ2v) is 4.41. The Bertz CT molecular complexity index is 716. The van der Waals surface area contributed by atoms with Crippen LogP contribution in [0.3, 0.4) is 0 Å². The average molecular weight is 353 g/mol. The van der Waals surface area contributed by atoms with Crippen LogP contribution in [0.4, 0.5) is 0 Å². The maximum absolute atomic E-state index is 4.67. The summed E-state index contributed by atoms with van der Waals surface area (Å²) in [5.74, 6) is 1.03. The predicted octanol–water partition coefficient (Wildman–Crippen LogP) is -0.584. The van der Waals surface area contributed by atoms with E-state index in [1.165, 1.54) is 16.7 Å². The fourth-order valence-corrected chi connectivity index (χ4v) is 2.54. The zero-order chi connectivity index (χ0) is 12.0. The highest BCUT2D eigenvalue weighted by atomic mass is 127. The van der Waals surface area contributed by atoms with Crippen molar-refractivity contribution in [1.82, 2.24) is 9.38 Å². The Morgan fingerprint density at radius 2 is 1.94 bits per heavy atom. The molecule has 0 unspecified atom stereocenters. The molecule has 3 aromatic rings. The number of hydrogen-bond acceptors (Lipinski definition) is 1. The standard InChI is InChI=1S/C14H16N3.HI/c1-4-16-12-7-5-6-8-13(12)17-11(3)9-10(2)15-14(16)17;/h5-9H,4H2,1-3H3;1H/q+1;/p-1. The molecule has 1 aromatic carbocycles. The summed E-state index contributed by atoms with van der Waals surface area (Å²) in [5.41, 5.74) is 4.78. The zero-order valence-electron chi connectivity index (χ0n) is 10.8. The Morgan fingerprint density at radius 3 is 2.67 bits per heavy atom. The summed E-state index contributed by atoms with van der Waals surface area (Å²) in [4.78, 5) is 4.67. The van der Waals surface area contributed by atoms with E-state index >= 15 is 0 Å². The molecular formula is C14H16IN3. The monoisotopic (exact) mass is 353 g/mol. The van der Waals surface area contributed by atoms with Gasteiger partial charge in [0, 0.05) is 6.07 Å². The van der Waals surface area contributed by atoms with Crippen LogP contribution in [0, 0.1) is 13.8 Å². The van der Waals surface area contributed by atoms with Crippen LogP contribution < -0.4 is 28.5 Å². The van der Waals surface area contributed by atoms with E-state index in [1.807, 2.05) is 6.92 Å². The maximum atomic E-state index is 4.67. The van der Waals surface area contributed by atoms with Gasteiger partial charge in [-0.2, -0.15) is 4.40 Å². The summed E-state index contributed by atoms with van der Waals surface area (Å²) in [5, 5.41) is 0. The van der Waals surface area contributed by atoms with Crippen LogP contribution in [0.15, 0.2) is 30.3 Å². The number of para-hydroxylation sites is 2. The maximum Gasteiger partial charge on any atom is 0.404 e. The van der Waals surface area contributed by atoms with E-state index < -0.39 is 0 Å². The quantitative estimate of drug-likeness (QED) is 0.424. The van der Waals surface area contributed by atoms with Crippen molar-refractivity contribution in [3.05, 3.63) is 41.7 Å². The summed E-state index contributed by atoms with van der Waals surface area (Å²) in [7, 11) is 0. The van der Waals surface area contributed by atoms with E-state index in [4.69, 9.17) is 0 Å². The van der Waals surface area contributed by atoms with E-state index in [0.29, 0.717) is 0 Å². The minimum Gasteiger partial charge on any atom is -1.00 e. The summed E-state index contributed by atoms with van der Waals surface area (Å²) < 4.78 is 4.49. The van der Waals surface area contributed by atoms with Crippen molar-refractivity contribution in [2.75, 3.05) is 0 Å². The lowest BCUT2D eigenvalue weighted by Crippen LogP contribution is -3.00. The molecule has 2 heterocycles. The van der Waals surface area contributed by atoms with Crippen LogP contribution >= 0.6 is 0 Å². The number of imidazole rings is 1. The normalized spacial score (nSPS) is 10.8. The molecule has 0 fully saturated rings. The first-order valence-electron chi connectivity index (χ1n) is 5.99. The van der Waals surface area contributed by atoms with Gasteiger partial charge in [-0.3, -0.25) is 0 Å². The molecular weight excluding hydrogens is 337 g/mol. The lowest BCUT2D eigenvalue weighted by Gasteiger charge is -1.95. The fraction of sp³-hybridized carbons (Fsp3) is 0.286. The molecule has 0 N–H and O–H groups in total. The van der Waals surface area contributed by atoms with Crippen LogP contribution in [-0.4, -0.2) is 9.38 Å². The zero-order valence-corrected chi connectivity index (χ0v) is 13.0. The van der Waals surface area contributed by atoms with Gasteiger partial charge >= 0.3 is 5.78 Å². The molecule has 94 valence electrons. The van der Waals surface area contributed by atoms with Gasteiger partial charge in [-0.15, -0.1) is 0 Å². The first-order valence-corrected chi connectivity index (χ1v) is 5.99. The third-order valence-electron chi connectivity index (χ3n) is 3.22. The van der Waals surface area contributed by atoms with Crippen molar-refractivity contribution in [1.29, 1.82) is 0 Å². The van der Waals surface area contributed by atoms with E-state index in [-0.39, 0.29) is 24.0 Å². The highest BCUT2D eigenvalue weighted by Gasteiger charge is 2.19. The van der Waals surface area contributed by atoms with Crippen LogP contribution in [0.1, 0.15) is 18.3 Å². The summed E-state index contributed by atoms with van der Waals surface area (Å²) >= 11 is 0. The molecule has 0 amide bonds. The van der Waals surface area contributed by atoms with Crippen LogP contribution in [0.5, 0.6) is 0 Å². The third kappa shape index (κ3) is 1.79. The lowest BCUT2D eigenvalue weighted by molar-refractivity contribution is -0.644. The van der Waals surface area contributed by atoms with E-state index in [2.05, 4.69) is 58.1 Å². The molecule has 4 heteroatoms. The van der Waals surface area contributed by atoms with Crippen LogP contribution in [0.2, 0.25) is 0 Å². The molecule has 0 aliphatic heterocycles. The molecule has 0 bridgehead atoms. The molecule has 0 aliphatic carbocycles. The number of fused-ring (bicyclic) bond motifs is 3. The number of rotatable bonds is 1. The summed E-state index contributed by atoms with van der Waals surface area (Å²) in [6.45, 7) is 7.28. The number of halogens is 1. The van der Waals surface area contributed by atoms with Gasteiger partial charge in [-0.05, 0) is 32.9 Å². The Balaban J connectivity index is 0.00000120. The highest BCUT2D eigenvalue weighted by molar-refractivity contribution is 5.75. The molecule has 0 radical (unpaired) electrons. The average Bonchev–Trinajstić information content (AvgIpc) is 2.62. The smallest absolute Gasteiger partial charge is 0.404 e. The first-order chi connectivity index (χ1) is 8.22.